The average Bonchev–Trinajstić information content (AvgIpc) is 2.92. The van der Waals surface area contributed by atoms with E-state index in [0.29, 0.717) is 16.6 Å². The predicted molar refractivity (Wildman–Crippen MR) is 68.1 cm³/mol. The van der Waals surface area contributed by atoms with E-state index in [2.05, 4.69) is 19.8 Å². The van der Waals surface area contributed by atoms with Crippen LogP contribution >= 0.6 is 34.9 Å². The highest BCUT2D eigenvalue weighted by molar-refractivity contribution is 7.98. The molecule has 0 saturated heterocycles. The van der Waals surface area contributed by atoms with Crippen LogP contribution in [0.1, 0.15) is 18.4 Å². The summed E-state index contributed by atoms with van der Waals surface area (Å²) in [6, 6.07) is 0. The molecule has 2 N–H and O–H groups in total. The lowest BCUT2D eigenvalue weighted by molar-refractivity contribution is 0.643. The van der Waals surface area contributed by atoms with Crippen molar-refractivity contribution in [3.8, 4) is 0 Å². The first-order valence-corrected chi connectivity index (χ1v) is 7.11. The van der Waals surface area contributed by atoms with Crippen LogP contribution < -0.4 is 5.73 Å². The number of thioether (sulfide) groups is 1. The third-order valence-electron chi connectivity index (χ3n) is 2.14. The van der Waals surface area contributed by atoms with Gasteiger partial charge in [0, 0.05) is 23.8 Å². The van der Waals surface area contributed by atoms with Crippen LogP contribution in [0.4, 0.5) is 0 Å². The van der Waals surface area contributed by atoms with Crippen LogP contribution in [0.25, 0.3) is 0 Å². The predicted octanol–water partition coefficient (Wildman–Crippen LogP) is 1.55. The number of aromatic nitrogens is 5. The molecule has 0 aliphatic carbocycles. The topological polar surface area (TPSA) is 82.5 Å². The number of halogens is 1. The molecule has 6 nitrogen and oxygen atoms in total. The fraction of sp³-hybridized carbons (Fsp3) is 0.500. The molecule has 9 heteroatoms. The summed E-state index contributed by atoms with van der Waals surface area (Å²) in [6.45, 7) is 3.22. The van der Waals surface area contributed by atoms with Gasteiger partial charge in [-0.05, 0) is 6.92 Å². The van der Waals surface area contributed by atoms with Gasteiger partial charge in [0.1, 0.15) is 15.9 Å². The highest BCUT2D eigenvalue weighted by Gasteiger charge is 2.12. The highest BCUT2D eigenvalue weighted by atomic mass is 35.5. The van der Waals surface area contributed by atoms with Crippen molar-refractivity contribution < 1.29 is 0 Å². The number of rotatable bonds is 5. The number of nitrogens with zero attached hydrogens (tertiary/aromatic N) is 5. The highest BCUT2D eigenvalue weighted by Crippen LogP contribution is 2.26. The summed E-state index contributed by atoms with van der Waals surface area (Å²) in [7, 11) is 0. The molecule has 0 saturated carbocycles. The fourth-order valence-corrected chi connectivity index (χ4v) is 3.06. The average molecular weight is 291 g/mol. The van der Waals surface area contributed by atoms with Crippen LogP contribution in [-0.4, -0.2) is 24.4 Å². The van der Waals surface area contributed by atoms with Gasteiger partial charge in [-0.25, -0.2) is 0 Å². The summed E-state index contributed by atoms with van der Waals surface area (Å²) in [5, 5.41) is 12.9. The Morgan fingerprint density at radius 2 is 2.24 bits per heavy atom. The van der Waals surface area contributed by atoms with Gasteiger partial charge in [-0.1, -0.05) is 27.9 Å². The van der Waals surface area contributed by atoms with Crippen LogP contribution in [0, 0.1) is 0 Å². The number of nitrogens with two attached hydrogens (primary N) is 1. The van der Waals surface area contributed by atoms with E-state index in [4.69, 9.17) is 17.3 Å². The number of hydrogen-bond acceptors (Lipinski definition) is 7. The molecule has 17 heavy (non-hydrogen) atoms. The normalized spacial score (nSPS) is 11.0. The Balaban J connectivity index is 2.09. The molecule has 92 valence electrons. The molecular weight excluding hydrogens is 280 g/mol. The van der Waals surface area contributed by atoms with Crippen molar-refractivity contribution in [2.24, 2.45) is 5.73 Å². The SMILES string of the molecule is CCn1c(CN)nnc1SCc1nnsc1Cl. The zero-order valence-corrected chi connectivity index (χ0v) is 11.5. The van der Waals surface area contributed by atoms with Crippen molar-refractivity contribution in [3.05, 3.63) is 15.9 Å². The zero-order chi connectivity index (χ0) is 12.3. The summed E-state index contributed by atoms with van der Waals surface area (Å²) >= 11 is 8.65. The molecule has 0 amide bonds. The van der Waals surface area contributed by atoms with Gasteiger partial charge in [-0.3, -0.25) is 0 Å². The largest absolute Gasteiger partial charge is 0.324 e. The molecule has 2 rings (SSSR count). The van der Waals surface area contributed by atoms with E-state index in [9.17, 15) is 0 Å². The third kappa shape index (κ3) is 2.76. The second-order valence-corrected chi connectivity index (χ2v) is 5.43. The Morgan fingerprint density at radius 1 is 1.41 bits per heavy atom. The first-order chi connectivity index (χ1) is 8.26. The summed E-state index contributed by atoms with van der Waals surface area (Å²) < 4.78 is 6.39. The van der Waals surface area contributed by atoms with Crippen molar-refractivity contribution in [3.63, 3.8) is 0 Å². The summed E-state index contributed by atoms with van der Waals surface area (Å²) in [5.74, 6) is 1.43. The standard InChI is InChI=1S/C8H11ClN6S2/c1-2-15-6(3-10)12-13-8(15)16-4-5-7(9)17-14-11-5/h2-4,10H2,1H3. The first-order valence-electron chi connectivity index (χ1n) is 4.98. The van der Waals surface area contributed by atoms with E-state index in [-0.39, 0.29) is 0 Å². The van der Waals surface area contributed by atoms with Gasteiger partial charge in [0.15, 0.2) is 5.16 Å². The van der Waals surface area contributed by atoms with Crippen molar-refractivity contribution in [1.82, 2.24) is 24.4 Å². The lowest BCUT2D eigenvalue weighted by Gasteiger charge is -2.04. The van der Waals surface area contributed by atoms with E-state index in [1.807, 2.05) is 11.5 Å². The first kappa shape index (κ1) is 12.7. The van der Waals surface area contributed by atoms with Gasteiger partial charge in [0.2, 0.25) is 0 Å². The lowest BCUT2D eigenvalue weighted by atomic mass is 10.6. The van der Waals surface area contributed by atoms with Crippen molar-refractivity contribution in [2.45, 2.75) is 30.9 Å². The monoisotopic (exact) mass is 290 g/mol. The minimum atomic E-state index is 0.389. The molecule has 0 spiro atoms. The molecule has 0 atom stereocenters. The molecule has 0 fully saturated rings. The lowest BCUT2D eigenvalue weighted by Crippen LogP contribution is -2.08. The van der Waals surface area contributed by atoms with Crippen LogP contribution in [0.15, 0.2) is 5.16 Å². The maximum atomic E-state index is 5.93. The molecule has 2 aromatic rings. The van der Waals surface area contributed by atoms with Crippen LogP contribution in [0.5, 0.6) is 0 Å². The van der Waals surface area contributed by atoms with E-state index in [0.717, 1.165) is 23.2 Å². The van der Waals surface area contributed by atoms with E-state index < -0.39 is 0 Å². The Bertz CT molecular complexity index is 496. The van der Waals surface area contributed by atoms with Crippen LogP contribution in [-0.2, 0) is 18.8 Å². The molecule has 2 heterocycles. The molecule has 0 aliphatic heterocycles. The van der Waals surface area contributed by atoms with Gasteiger partial charge in [0.25, 0.3) is 0 Å². The molecule has 0 bridgehead atoms. The second-order valence-electron chi connectivity index (χ2n) is 3.13. The Hall–Kier alpha value is -0.700. The van der Waals surface area contributed by atoms with Crippen molar-refractivity contribution >= 4 is 34.9 Å². The number of hydrogen-bond donors (Lipinski definition) is 1. The van der Waals surface area contributed by atoms with Gasteiger partial charge in [-0.15, -0.1) is 15.3 Å². The van der Waals surface area contributed by atoms with Gasteiger partial charge in [0.05, 0.1) is 6.54 Å². The third-order valence-corrected chi connectivity index (χ3v) is 4.10. The van der Waals surface area contributed by atoms with Crippen LogP contribution in [0.2, 0.25) is 4.34 Å². The van der Waals surface area contributed by atoms with Gasteiger partial charge in [-0.2, -0.15) is 0 Å². The fourth-order valence-electron chi connectivity index (χ4n) is 1.31. The molecule has 0 aromatic carbocycles. The second kappa shape index (κ2) is 5.76. The Morgan fingerprint density at radius 3 is 2.82 bits per heavy atom. The molecule has 2 aromatic heterocycles. The Kier molecular flexibility index (Phi) is 4.32. The van der Waals surface area contributed by atoms with E-state index in [1.54, 1.807) is 0 Å². The Labute approximate surface area is 112 Å². The maximum absolute atomic E-state index is 5.93. The van der Waals surface area contributed by atoms with E-state index in [1.165, 1.54) is 23.3 Å². The minimum Gasteiger partial charge on any atom is -0.324 e. The quantitative estimate of drug-likeness (QED) is 0.841. The molecule has 0 aliphatic rings. The molecule has 0 radical (unpaired) electrons. The minimum absolute atomic E-state index is 0.389. The van der Waals surface area contributed by atoms with Gasteiger partial charge < -0.3 is 10.3 Å². The smallest absolute Gasteiger partial charge is 0.191 e. The molecular formula is C8H11ClN6S2. The molecule has 0 unspecified atom stereocenters. The van der Waals surface area contributed by atoms with Gasteiger partial charge >= 0.3 is 0 Å². The summed E-state index contributed by atoms with van der Waals surface area (Å²) in [6.07, 6.45) is 0. The van der Waals surface area contributed by atoms with Crippen LogP contribution in [0.3, 0.4) is 0 Å². The van der Waals surface area contributed by atoms with E-state index >= 15 is 0 Å². The summed E-state index contributed by atoms with van der Waals surface area (Å²) in [5.41, 5.74) is 6.36. The zero-order valence-electron chi connectivity index (χ0n) is 9.13. The summed E-state index contributed by atoms with van der Waals surface area (Å²) in [4.78, 5) is 0. The van der Waals surface area contributed by atoms with Crippen molar-refractivity contribution in [1.29, 1.82) is 0 Å². The van der Waals surface area contributed by atoms with Crippen molar-refractivity contribution in [2.75, 3.05) is 0 Å². The maximum Gasteiger partial charge on any atom is 0.191 e.